The predicted molar refractivity (Wildman–Crippen MR) is 48.2 cm³/mol. The molecule has 0 spiro atoms. The first-order valence-electron chi connectivity index (χ1n) is 4.16. The summed E-state index contributed by atoms with van der Waals surface area (Å²) in [6.07, 6.45) is 2.75. The van der Waals surface area contributed by atoms with Gasteiger partial charge in [0.2, 0.25) is 0 Å². The highest BCUT2D eigenvalue weighted by molar-refractivity contribution is 5.10. The van der Waals surface area contributed by atoms with E-state index in [2.05, 4.69) is 50.9 Å². The summed E-state index contributed by atoms with van der Waals surface area (Å²) < 4.78 is 0. The summed E-state index contributed by atoms with van der Waals surface area (Å²) >= 11 is 0. The predicted octanol–water partition coefficient (Wildman–Crippen LogP) is 1.50. The maximum Gasteiger partial charge on any atom is 0.0785 e. The minimum Gasteiger partial charge on any atom is -0.365 e. The second-order valence-corrected chi connectivity index (χ2v) is 3.51. The van der Waals surface area contributed by atoms with Crippen molar-refractivity contribution in [1.82, 2.24) is 9.80 Å². The van der Waals surface area contributed by atoms with Crippen LogP contribution in [0.5, 0.6) is 0 Å². The third kappa shape index (κ3) is 1.41. The van der Waals surface area contributed by atoms with E-state index in [9.17, 15) is 0 Å². The molecule has 2 nitrogen and oxygen atoms in total. The van der Waals surface area contributed by atoms with Gasteiger partial charge in [-0.2, -0.15) is 0 Å². The van der Waals surface area contributed by atoms with E-state index >= 15 is 0 Å². The number of likely N-dealkylation sites (N-methyl/N-ethyl adjacent to an activating group) is 1. The molecule has 1 aliphatic heterocycles. The van der Waals surface area contributed by atoms with Crippen molar-refractivity contribution in [3.63, 3.8) is 0 Å². The Morgan fingerprint density at radius 1 is 1.27 bits per heavy atom. The Balaban J connectivity index is 2.83. The van der Waals surface area contributed by atoms with Gasteiger partial charge in [0.15, 0.2) is 0 Å². The van der Waals surface area contributed by atoms with Gasteiger partial charge in [-0.05, 0) is 33.4 Å². The quantitative estimate of drug-likeness (QED) is 0.522. The van der Waals surface area contributed by atoms with E-state index in [-0.39, 0.29) is 0 Å². The maximum absolute atomic E-state index is 2.37. The highest BCUT2D eigenvalue weighted by Gasteiger charge is 2.23. The van der Waals surface area contributed by atoms with E-state index in [0.29, 0.717) is 12.2 Å². The van der Waals surface area contributed by atoms with Crippen LogP contribution in [0.3, 0.4) is 0 Å². The van der Waals surface area contributed by atoms with Crippen LogP contribution in [-0.4, -0.2) is 36.1 Å². The van der Waals surface area contributed by atoms with Gasteiger partial charge in [-0.25, -0.2) is 0 Å². The van der Waals surface area contributed by atoms with Crippen molar-refractivity contribution in [1.29, 1.82) is 0 Å². The molecule has 0 amide bonds. The second-order valence-electron chi connectivity index (χ2n) is 3.51. The molecule has 0 aromatic carbocycles. The molecule has 0 saturated carbocycles. The van der Waals surface area contributed by atoms with Crippen molar-refractivity contribution in [3.8, 4) is 0 Å². The molecule has 1 rings (SSSR count). The molecule has 0 bridgehead atoms. The summed E-state index contributed by atoms with van der Waals surface area (Å²) in [5.41, 5.74) is 1.44. The highest BCUT2D eigenvalue weighted by atomic mass is 15.3. The Morgan fingerprint density at radius 3 is 2.36 bits per heavy atom. The third-order valence-corrected chi connectivity index (χ3v) is 2.86. The summed E-state index contributed by atoms with van der Waals surface area (Å²) in [6.45, 7) is 6.65. The average molecular weight is 154 g/mol. The van der Waals surface area contributed by atoms with Crippen molar-refractivity contribution in [3.05, 3.63) is 11.8 Å². The lowest BCUT2D eigenvalue weighted by molar-refractivity contribution is 0.0928. The largest absolute Gasteiger partial charge is 0.365 e. The molecule has 0 N–H and O–H groups in total. The lowest BCUT2D eigenvalue weighted by Gasteiger charge is -2.41. The van der Waals surface area contributed by atoms with Crippen molar-refractivity contribution in [2.45, 2.75) is 33.0 Å². The molecular weight excluding hydrogens is 136 g/mol. The molecule has 2 heteroatoms. The Labute approximate surface area is 69.5 Å². The van der Waals surface area contributed by atoms with Crippen LogP contribution in [0.15, 0.2) is 11.8 Å². The summed E-state index contributed by atoms with van der Waals surface area (Å²) in [5.74, 6) is 0. The SMILES string of the molecule is CC1=CN(C)C(C)N(C)C1C. The fourth-order valence-electron chi connectivity index (χ4n) is 1.47. The first-order valence-corrected chi connectivity index (χ1v) is 4.16. The van der Waals surface area contributed by atoms with Crippen LogP contribution < -0.4 is 0 Å². The average Bonchev–Trinajstić information content (AvgIpc) is 1.97. The Morgan fingerprint density at radius 2 is 1.82 bits per heavy atom. The highest BCUT2D eigenvalue weighted by Crippen LogP contribution is 2.19. The lowest BCUT2D eigenvalue weighted by atomic mass is 10.1. The van der Waals surface area contributed by atoms with Gasteiger partial charge in [-0.3, -0.25) is 4.90 Å². The molecule has 1 aliphatic rings. The van der Waals surface area contributed by atoms with Crippen LogP contribution in [0.1, 0.15) is 20.8 Å². The fourth-order valence-corrected chi connectivity index (χ4v) is 1.47. The molecule has 2 atom stereocenters. The van der Waals surface area contributed by atoms with E-state index in [1.807, 2.05) is 0 Å². The molecule has 2 unspecified atom stereocenters. The van der Waals surface area contributed by atoms with Crippen molar-refractivity contribution in [2.75, 3.05) is 14.1 Å². The molecule has 11 heavy (non-hydrogen) atoms. The van der Waals surface area contributed by atoms with E-state index in [4.69, 9.17) is 0 Å². The standard InChI is InChI=1S/C9H18N2/c1-7-6-10(4)9(3)11(5)8(7)2/h6,8-9H,1-5H3. The Bertz CT molecular complexity index is 174. The second kappa shape index (κ2) is 2.86. The smallest absolute Gasteiger partial charge is 0.0785 e. The van der Waals surface area contributed by atoms with Crippen LogP contribution in [0, 0.1) is 0 Å². The minimum atomic E-state index is 0.522. The van der Waals surface area contributed by atoms with Gasteiger partial charge < -0.3 is 4.90 Å². The van der Waals surface area contributed by atoms with Gasteiger partial charge in [0.05, 0.1) is 6.17 Å². The molecule has 0 aliphatic carbocycles. The number of rotatable bonds is 0. The Hall–Kier alpha value is -0.500. The van der Waals surface area contributed by atoms with Gasteiger partial charge in [-0.1, -0.05) is 0 Å². The summed E-state index contributed by atoms with van der Waals surface area (Å²) in [4.78, 5) is 4.62. The van der Waals surface area contributed by atoms with Crippen molar-refractivity contribution < 1.29 is 0 Å². The Kier molecular flexibility index (Phi) is 2.23. The van der Waals surface area contributed by atoms with Crippen LogP contribution in [-0.2, 0) is 0 Å². The molecule has 64 valence electrons. The van der Waals surface area contributed by atoms with Crippen molar-refractivity contribution >= 4 is 0 Å². The van der Waals surface area contributed by atoms with Gasteiger partial charge >= 0.3 is 0 Å². The molecule has 0 aromatic heterocycles. The van der Waals surface area contributed by atoms with Gasteiger partial charge in [0.25, 0.3) is 0 Å². The normalized spacial score (nSPS) is 33.9. The summed E-state index contributed by atoms with van der Waals surface area (Å²) in [5, 5.41) is 0. The zero-order valence-electron chi connectivity index (χ0n) is 8.13. The summed E-state index contributed by atoms with van der Waals surface area (Å²) in [6, 6.07) is 0.584. The number of nitrogens with zero attached hydrogens (tertiary/aromatic N) is 2. The maximum atomic E-state index is 2.37. The first kappa shape index (κ1) is 8.60. The lowest BCUT2D eigenvalue weighted by Crippen LogP contribution is -2.48. The molecule has 0 radical (unpaired) electrons. The number of hydrogen-bond donors (Lipinski definition) is 0. The van der Waals surface area contributed by atoms with E-state index in [1.54, 1.807) is 0 Å². The fraction of sp³-hybridized carbons (Fsp3) is 0.778. The van der Waals surface area contributed by atoms with E-state index in [0.717, 1.165) is 0 Å². The van der Waals surface area contributed by atoms with Gasteiger partial charge in [0.1, 0.15) is 0 Å². The zero-order chi connectivity index (χ0) is 8.59. The molecule has 1 heterocycles. The molecular formula is C9H18N2. The van der Waals surface area contributed by atoms with E-state index < -0.39 is 0 Å². The van der Waals surface area contributed by atoms with Crippen LogP contribution in [0.25, 0.3) is 0 Å². The van der Waals surface area contributed by atoms with Crippen LogP contribution in [0.4, 0.5) is 0 Å². The zero-order valence-corrected chi connectivity index (χ0v) is 8.13. The first-order chi connectivity index (χ1) is 5.04. The third-order valence-electron chi connectivity index (χ3n) is 2.86. The monoisotopic (exact) mass is 154 g/mol. The number of hydrogen-bond acceptors (Lipinski definition) is 2. The van der Waals surface area contributed by atoms with Gasteiger partial charge in [-0.15, -0.1) is 0 Å². The van der Waals surface area contributed by atoms with Gasteiger partial charge in [0, 0.05) is 19.3 Å². The topological polar surface area (TPSA) is 6.48 Å². The van der Waals surface area contributed by atoms with E-state index in [1.165, 1.54) is 5.57 Å². The van der Waals surface area contributed by atoms with Crippen LogP contribution >= 0.6 is 0 Å². The van der Waals surface area contributed by atoms with Crippen LogP contribution in [0.2, 0.25) is 0 Å². The molecule has 0 saturated heterocycles. The minimum absolute atomic E-state index is 0.522. The summed E-state index contributed by atoms with van der Waals surface area (Å²) in [7, 11) is 4.29. The molecule has 0 aromatic rings. The molecule has 0 fully saturated rings. The van der Waals surface area contributed by atoms with Crippen molar-refractivity contribution in [2.24, 2.45) is 0 Å².